The molecule has 1 atom stereocenters. The lowest BCUT2D eigenvalue weighted by molar-refractivity contribution is -0.133. The van der Waals surface area contributed by atoms with Crippen LogP contribution in [-0.4, -0.2) is 30.0 Å². The van der Waals surface area contributed by atoms with Gasteiger partial charge in [0.2, 0.25) is 0 Å². The van der Waals surface area contributed by atoms with Gasteiger partial charge >= 0.3 is 0 Å². The number of amides is 1. The molecular weight excluding hydrogens is 301 g/mol. The number of nitrogens with zero attached hydrogens (tertiary/aromatic N) is 1. The van der Waals surface area contributed by atoms with E-state index < -0.39 is 0 Å². The van der Waals surface area contributed by atoms with E-state index in [9.17, 15) is 9.18 Å². The molecule has 1 heterocycles. The molecule has 98 valence electrons. The van der Waals surface area contributed by atoms with Gasteiger partial charge in [-0.3, -0.25) is 4.79 Å². The molecule has 1 aromatic rings. The smallest absolute Gasteiger partial charge is 0.260 e. The van der Waals surface area contributed by atoms with Crippen LogP contribution in [0.4, 0.5) is 4.39 Å². The monoisotopic (exact) mass is 315 g/mol. The molecule has 1 saturated heterocycles. The Morgan fingerprint density at radius 3 is 3.06 bits per heavy atom. The number of carbonyl (C=O) groups is 1. The fraction of sp³-hybridized carbons (Fsp3) is 0.462. The van der Waals surface area contributed by atoms with Crippen LogP contribution in [0.2, 0.25) is 0 Å². The fourth-order valence-corrected chi connectivity index (χ4v) is 2.48. The number of carbonyl (C=O) groups excluding carboxylic acids is 1. The van der Waals surface area contributed by atoms with Crippen molar-refractivity contribution in [3.8, 4) is 5.75 Å². The van der Waals surface area contributed by atoms with Crippen molar-refractivity contribution in [2.75, 3.05) is 13.2 Å². The van der Waals surface area contributed by atoms with E-state index in [2.05, 4.69) is 15.9 Å². The number of hydrogen-bond donors (Lipinski definition) is 0. The van der Waals surface area contributed by atoms with Gasteiger partial charge in [0.1, 0.15) is 11.6 Å². The summed E-state index contributed by atoms with van der Waals surface area (Å²) in [5.74, 6) is -0.0680. The predicted molar refractivity (Wildman–Crippen MR) is 70.0 cm³/mol. The molecule has 0 N–H and O–H groups in total. The maximum atomic E-state index is 13.0. The van der Waals surface area contributed by atoms with Crippen LogP contribution < -0.4 is 4.74 Å². The first-order valence-electron chi connectivity index (χ1n) is 5.95. The summed E-state index contributed by atoms with van der Waals surface area (Å²) in [6, 6.07) is 4.44. The van der Waals surface area contributed by atoms with Crippen LogP contribution in [0.3, 0.4) is 0 Å². The fourth-order valence-electron chi connectivity index (χ4n) is 2.11. The maximum Gasteiger partial charge on any atom is 0.260 e. The van der Waals surface area contributed by atoms with E-state index >= 15 is 0 Å². The summed E-state index contributed by atoms with van der Waals surface area (Å²) in [5.41, 5.74) is 0. The van der Waals surface area contributed by atoms with E-state index in [0.29, 0.717) is 10.2 Å². The molecule has 5 heteroatoms. The highest BCUT2D eigenvalue weighted by molar-refractivity contribution is 9.10. The minimum absolute atomic E-state index is 0.0452. The molecular formula is C13H15BrFNO2. The molecule has 0 spiro atoms. The van der Waals surface area contributed by atoms with E-state index in [-0.39, 0.29) is 24.4 Å². The first kappa shape index (κ1) is 13.3. The van der Waals surface area contributed by atoms with Gasteiger partial charge in [-0.2, -0.15) is 0 Å². The van der Waals surface area contributed by atoms with Crippen LogP contribution in [-0.2, 0) is 4.79 Å². The Hall–Kier alpha value is -1.10. The Bertz CT molecular complexity index is 453. The first-order valence-corrected chi connectivity index (χ1v) is 6.74. The van der Waals surface area contributed by atoms with Gasteiger partial charge in [-0.1, -0.05) is 0 Å². The molecule has 1 amide bonds. The lowest BCUT2D eigenvalue weighted by Gasteiger charge is -2.21. The second-order valence-electron chi connectivity index (χ2n) is 4.44. The molecule has 0 unspecified atom stereocenters. The Balaban J connectivity index is 1.95. The molecule has 1 aromatic carbocycles. The highest BCUT2D eigenvalue weighted by atomic mass is 79.9. The van der Waals surface area contributed by atoms with E-state index in [1.807, 2.05) is 11.8 Å². The van der Waals surface area contributed by atoms with Crippen molar-refractivity contribution in [2.24, 2.45) is 0 Å². The summed E-state index contributed by atoms with van der Waals surface area (Å²) in [6.45, 7) is 2.77. The molecule has 2 rings (SSSR count). The third-order valence-corrected chi connectivity index (χ3v) is 3.77. The van der Waals surface area contributed by atoms with Crippen molar-refractivity contribution in [1.82, 2.24) is 4.90 Å². The summed E-state index contributed by atoms with van der Waals surface area (Å²) in [6.07, 6.45) is 2.08. The second kappa shape index (κ2) is 5.69. The van der Waals surface area contributed by atoms with Crippen LogP contribution in [0.25, 0.3) is 0 Å². The number of rotatable bonds is 3. The standard InChI is InChI=1S/C13H15BrFNO2/c1-9-3-2-6-16(9)13(17)8-18-12-7-10(15)4-5-11(12)14/h4-5,7,9H,2-3,6,8H2,1H3/t9-/m0/s1. The largest absolute Gasteiger partial charge is 0.482 e. The molecule has 0 bridgehead atoms. The quantitative estimate of drug-likeness (QED) is 0.858. The summed E-state index contributed by atoms with van der Waals surface area (Å²) in [4.78, 5) is 13.7. The SMILES string of the molecule is C[C@H]1CCCN1C(=O)COc1cc(F)ccc1Br. The second-order valence-corrected chi connectivity index (χ2v) is 5.30. The molecule has 0 saturated carbocycles. The van der Waals surface area contributed by atoms with Gasteiger partial charge in [-0.15, -0.1) is 0 Å². The Morgan fingerprint density at radius 1 is 1.61 bits per heavy atom. The molecule has 1 fully saturated rings. The Kier molecular flexibility index (Phi) is 4.22. The first-order chi connectivity index (χ1) is 8.58. The molecule has 0 radical (unpaired) electrons. The summed E-state index contributed by atoms with van der Waals surface area (Å²) in [7, 11) is 0. The van der Waals surface area contributed by atoms with Gasteiger partial charge in [-0.05, 0) is 47.8 Å². The molecule has 18 heavy (non-hydrogen) atoms. The zero-order valence-corrected chi connectivity index (χ0v) is 11.7. The number of benzene rings is 1. The molecule has 1 aliphatic rings. The van der Waals surface area contributed by atoms with Crippen molar-refractivity contribution in [1.29, 1.82) is 0 Å². The van der Waals surface area contributed by atoms with Crippen molar-refractivity contribution in [2.45, 2.75) is 25.8 Å². The number of ether oxygens (including phenoxy) is 1. The van der Waals surface area contributed by atoms with Crippen LogP contribution in [0.5, 0.6) is 5.75 Å². The van der Waals surface area contributed by atoms with E-state index in [1.54, 1.807) is 6.07 Å². The van der Waals surface area contributed by atoms with Crippen molar-refractivity contribution >= 4 is 21.8 Å². The maximum absolute atomic E-state index is 13.0. The van der Waals surface area contributed by atoms with Crippen LogP contribution in [0, 0.1) is 5.82 Å². The van der Waals surface area contributed by atoms with Crippen LogP contribution in [0.1, 0.15) is 19.8 Å². The van der Waals surface area contributed by atoms with Crippen molar-refractivity contribution in [3.05, 3.63) is 28.5 Å². The Morgan fingerprint density at radius 2 is 2.39 bits per heavy atom. The molecule has 1 aliphatic heterocycles. The number of hydrogen-bond acceptors (Lipinski definition) is 2. The van der Waals surface area contributed by atoms with Crippen molar-refractivity contribution in [3.63, 3.8) is 0 Å². The van der Waals surface area contributed by atoms with Gasteiger partial charge in [0.05, 0.1) is 4.47 Å². The average Bonchev–Trinajstić information content (AvgIpc) is 2.76. The molecule has 0 aliphatic carbocycles. The highest BCUT2D eigenvalue weighted by Gasteiger charge is 2.25. The summed E-state index contributed by atoms with van der Waals surface area (Å²) >= 11 is 3.26. The van der Waals surface area contributed by atoms with E-state index in [1.165, 1.54) is 12.1 Å². The zero-order chi connectivity index (χ0) is 13.1. The van der Waals surface area contributed by atoms with Gasteiger partial charge < -0.3 is 9.64 Å². The normalized spacial score (nSPS) is 19.1. The predicted octanol–water partition coefficient (Wildman–Crippen LogP) is 2.98. The Labute approximate surface area is 114 Å². The van der Waals surface area contributed by atoms with Gasteiger partial charge in [0.25, 0.3) is 5.91 Å². The topological polar surface area (TPSA) is 29.5 Å². The van der Waals surface area contributed by atoms with Crippen LogP contribution in [0.15, 0.2) is 22.7 Å². The van der Waals surface area contributed by atoms with Gasteiger partial charge in [0, 0.05) is 18.7 Å². The zero-order valence-electron chi connectivity index (χ0n) is 10.2. The van der Waals surface area contributed by atoms with Gasteiger partial charge in [-0.25, -0.2) is 4.39 Å². The summed E-state index contributed by atoms with van der Waals surface area (Å²) < 4.78 is 19.0. The number of halogens is 2. The third kappa shape index (κ3) is 3.02. The van der Waals surface area contributed by atoms with E-state index in [4.69, 9.17) is 4.74 Å². The average molecular weight is 316 g/mol. The van der Waals surface area contributed by atoms with Crippen molar-refractivity contribution < 1.29 is 13.9 Å². The van der Waals surface area contributed by atoms with Crippen LogP contribution >= 0.6 is 15.9 Å². The summed E-state index contributed by atoms with van der Waals surface area (Å²) in [5, 5.41) is 0. The van der Waals surface area contributed by atoms with Gasteiger partial charge in [0.15, 0.2) is 6.61 Å². The minimum atomic E-state index is -0.379. The molecule has 0 aromatic heterocycles. The lowest BCUT2D eigenvalue weighted by Crippen LogP contribution is -2.37. The minimum Gasteiger partial charge on any atom is -0.482 e. The highest BCUT2D eigenvalue weighted by Crippen LogP contribution is 2.25. The lowest BCUT2D eigenvalue weighted by atomic mass is 10.2. The third-order valence-electron chi connectivity index (χ3n) is 3.12. The van der Waals surface area contributed by atoms with E-state index in [0.717, 1.165) is 19.4 Å². The molecule has 3 nitrogen and oxygen atoms in total. The number of likely N-dealkylation sites (tertiary alicyclic amines) is 1.